The van der Waals surface area contributed by atoms with E-state index in [9.17, 15) is 8.42 Å². The molecule has 0 aromatic heterocycles. The van der Waals surface area contributed by atoms with E-state index in [-0.39, 0.29) is 4.90 Å². The molecular formula is C7H7N3O2S2. The van der Waals surface area contributed by atoms with Crippen LogP contribution in [0.15, 0.2) is 33.7 Å². The van der Waals surface area contributed by atoms with Crippen molar-refractivity contribution >= 4 is 22.7 Å². The van der Waals surface area contributed by atoms with Crippen molar-refractivity contribution in [1.82, 2.24) is 0 Å². The summed E-state index contributed by atoms with van der Waals surface area (Å²) in [6.45, 7) is 0. The molecule has 0 radical (unpaired) electrons. The van der Waals surface area contributed by atoms with Crippen LogP contribution in [0.25, 0.3) is 10.4 Å². The summed E-state index contributed by atoms with van der Waals surface area (Å²) < 4.78 is 25.1. The minimum Gasteiger partial charge on any atom is -0.216 e. The van der Waals surface area contributed by atoms with Gasteiger partial charge < -0.3 is 0 Å². The van der Waals surface area contributed by atoms with Crippen molar-refractivity contribution in [3.05, 3.63) is 40.3 Å². The molecule has 1 aromatic rings. The minimum absolute atomic E-state index is 0.0131. The van der Waals surface area contributed by atoms with E-state index in [4.69, 9.17) is 5.53 Å². The molecular weight excluding hydrogens is 222 g/mol. The monoisotopic (exact) mass is 229 g/mol. The van der Waals surface area contributed by atoms with Gasteiger partial charge in [-0.3, -0.25) is 0 Å². The van der Waals surface area contributed by atoms with E-state index in [1.807, 2.05) is 0 Å². The van der Waals surface area contributed by atoms with Crippen molar-refractivity contribution in [2.75, 3.05) is 0 Å². The van der Waals surface area contributed by atoms with Gasteiger partial charge in [-0.05, 0) is 23.2 Å². The van der Waals surface area contributed by atoms with Crippen LogP contribution < -0.4 is 0 Å². The summed E-state index contributed by atoms with van der Waals surface area (Å²) in [5, 5.41) is 0. The van der Waals surface area contributed by atoms with Crippen LogP contribution in [-0.4, -0.2) is 8.42 Å². The molecule has 0 spiro atoms. The number of azide groups is 1. The molecule has 0 heterocycles. The lowest BCUT2D eigenvalue weighted by Gasteiger charge is -1.98. The topological polar surface area (TPSA) is 82.9 Å². The number of hydrogen-bond acceptors (Lipinski definition) is 3. The van der Waals surface area contributed by atoms with Gasteiger partial charge >= 0.3 is 0 Å². The number of thiol groups is 1. The van der Waals surface area contributed by atoms with E-state index in [1.165, 1.54) is 12.1 Å². The lowest BCUT2D eigenvalue weighted by Crippen LogP contribution is -1.94. The highest BCUT2D eigenvalue weighted by molar-refractivity contribution is 7.90. The molecule has 0 amide bonds. The normalized spacial score (nSPS) is 10.6. The van der Waals surface area contributed by atoms with Crippen LogP contribution >= 0.6 is 12.6 Å². The minimum atomic E-state index is -3.85. The van der Waals surface area contributed by atoms with Crippen molar-refractivity contribution in [2.45, 2.75) is 10.6 Å². The molecule has 0 aliphatic rings. The first kappa shape index (κ1) is 10.9. The van der Waals surface area contributed by atoms with Crippen LogP contribution in [0.4, 0.5) is 0 Å². The van der Waals surface area contributed by atoms with Crippen LogP contribution in [0.1, 0.15) is 5.56 Å². The zero-order valence-corrected chi connectivity index (χ0v) is 8.74. The predicted octanol–water partition coefficient (Wildman–Crippen LogP) is 2.12. The van der Waals surface area contributed by atoms with Gasteiger partial charge in [0.25, 0.3) is 10.0 Å². The molecule has 1 rings (SSSR count). The van der Waals surface area contributed by atoms with Crippen molar-refractivity contribution in [2.24, 2.45) is 4.52 Å². The summed E-state index contributed by atoms with van der Waals surface area (Å²) in [6.07, 6.45) is 0. The third-order valence-corrected chi connectivity index (χ3v) is 3.07. The van der Waals surface area contributed by atoms with Crippen molar-refractivity contribution in [1.29, 1.82) is 0 Å². The Bertz CT molecular complexity index is 460. The van der Waals surface area contributed by atoms with Gasteiger partial charge in [-0.1, -0.05) is 12.1 Å². The molecule has 1 aromatic carbocycles. The third kappa shape index (κ3) is 2.41. The van der Waals surface area contributed by atoms with Crippen molar-refractivity contribution in [3.8, 4) is 0 Å². The highest BCUT2D eigenvalue weighted by Gasteiger charge is 2.10. The van der Waals surface area contributed by atoms with E-state index >= 15 is 0 Å². The highest BCUT2D eigenvalue weighted by atomic mass is 32.2. The fourth-order valence-electron chi connectivity index (χ4n) is 0.862. The van der Waals surface area contributed by atoms with Crippen LogP contribution in [0, 0.1) is 0 Å². The molecule has 0 fully saturated rings. The van der Waals surface area contributed by atoms with Crippen molar-refractivity contribution in [3.63, 3.8) is 0 Å². The molecule has 5 nitrogen and oxygen atoms in total. The largest absolute Gasteiger partial charge is 0.264 e. The molecule has 0 atom stereocenters. The van der Waals surface area contributed by atoms with Gasteiger partial charge in [0.2, 0.25) is 0 Å². The third-order valence-electron chi connectivity index (χ3n) is 1.55. The summed E-state index contributed by atoms with van der Waals surface area (Å²) >= 11 is 4.03. The molecule has 0 unspecified atom stereocenters. The fraction of sp³-hybridized carbons (Fsp3) is 0.143. The average Bonchev–Trinajstić information content (AvgIpc) is 2.18. The predicted molar refractivity (Wildman–Crippen MR) is 55.5 cm³/mol. The molecule has 0 saturated carbocycles. The fourth-order valence-corrected chi connectivity index (χ4v) is 1.74. The Morgan fingerprint density at radius 2 is 1.93 bits per heavy atom. The smallest absolute Gasteiger partial charge is 0.216 e. The number of hydrogen-bond donors (Lipinski definition) is 1. The lowest BCUT2D eigenvalue weighted by molar-refractivity contribution is 0.597. The molecule has 7 heteroatoms. The second kappa shape index (κ2) is 4.36. The van der Waals surface area contributed by atoms with E-state index in [2.05, 4.69) is 22.1 Å². The maximum Gasteiger partial charge on any atom is 0.264 e. The number of rotatable bonds is 3. The Labute approximate surface area is 86.8 Å². The van der Waals surface area contributed by atoms with E-state index < -0.39 is 10.0 Å². The molecule has 14 heavy (non-hydrogen) atoms. The summed E-state index contributed by atoms with van der Waals surface area (Å²) in [5.74, 6) is 0.530. The zero-order valence-electron chi connectivity index (χ0n) is 7.03. The summed E-state index contributed by atoms with van der Waals surface area (Å²) in [4.78, 5) is 2.24. The first-order valence-corrected chi connectivity index (χ1v) is 5.68. The van der Waals surface area contributed by atoms with E-state index in [0.29, 0.717) is 5.75 Å². The van der Waals surface area contributed by atoms with Gasteiger partial charge in [0.15, 0.2) is 0 Å². The van der Waals surface area contributed by atoms with Crippen LogP contribution in [0.5, 0.6) is 0 Å². The molecule has 0 N–H and O–H groups in total. The van der Waals surface area contributed by atoms with Gasteiger partial charge in [0, 0.05) is 15.2 Å². The van der Waals surface area contributed by atoms with Crippen LogP contribution in [-0.2, 0) is 15.8 Å². The first-order chi connectivity index (χ1) is 6.60. The summed E-state index contributed by atoms with van der Waals surface area (Å²) in [6, 6.07) is 6.00. The van der Waals surface area contributed by atoms with Gasteiger partial charge in [0.05, 0.1) is 4.90 Å². The SMILES string of the molecule is [N-]=[N+]=NS(=O)(=O)c1ccc(CS)cc1. The molecule has 0 aliphatic carbocycles. The first-order valence-electron chi connectivity index (χ1n) is 3.61. The number of sulfonamides is 1. The van der Waals surface area contributed by atoms with Gasteiger partial charge in [-0.15, -0.1) is 0 Å². The molecule has 0 bridgehead atoms. The number of benzene rings is 1. The quantitative estimate of drug-likeness (QED) is 0.372. The Balaban J connectivity index is 3.16. The highest BCUT2D eigenvalue weighted by Crippen LogP contribution is 2.14. The standard InChI is InChI=1S/C7H7N3O2S2/c8-9-10-14(11,12)7-3-1-6(5-13)2-4-7/h1-4,13H,5H2. The molecule has 0 saturated heterocycles. The van der Waals surface area contributed by atoms with E-state index in [0.717, 1.165) is 5.56 Å². The number of nitrogens with zero attached hydrogens (tertiary/aromatic N) is 3. The summed E-state index contributed by atoms with van der Waals surface area (Å²) in [7, 11) is -3.85. The lowest BCUT2D eigenvalue weighted by atomic mass is 10.2. The Morgan fingerprint density at radius 3 is 2.36 bits per heavy atom. The average molecular weight is 229 g/mol. The Hall–Kier alpha value is -1.17. The Morgan fingerprint density at radius 1 is 1.36 bits per heavy atom. The van der Waals surface area contributed by atoms with Crippen LogP contribution in [0.2, 0.25) is 0 Å². The zero-order chi connectivity index (χ0) is 10.6. The second-order valence-corrected chi connectivity index (χ2v) is 4.35. The van der Waals surface area contributed by atoms with E-state index in [1.54, 1.807) is 12.1 Å². The van der Waals surface area contributed by atoms with Gasteiger partial charge in [-0.2, -0.15) is 12.6 Å². The van der Waals surface area contributed by atoms with Gasteiger partial charge in [0.1, 0.15) is 0 Å². The molecule has 74 valence electrons. The molecule has 0 aliphatic heterocycles. The van der Waals surface area contributed by atoms with Crippen LogP contribution in [0.3, 0.4) is 0 Å². The summed E-state index contributed by atoms with van der Waals surface area (Å²) in [5.41, 5.74) is 8.93. The maximum absolute atomic E-state index is 11.2. The second-order valence-electron chi connectivity index (χ2n) is 2.45. The Kier molecular flexibility index (Phi) is 3.40. The van der Waals surface area contributed by atoms with Gasteiger partial charge in [-0.25, -0.2) is 8.42 Å². The maximum atomic E-state index is 11.2. The van der Waals surface area contributed by atoms with Crippen molar-refractivity contribution < 1.29 is 8.42 Å².